The zero-order valence-electron chi connectivity index (χ0n) is 24.4. The monoisotopic (exact) mass is 548 g/mol. The molecule has 1 saturated carbocycles. The van der Waals surface area contributed by atoms with Crippen LogP contribution >= 0.6 is 0 Å². The van der Waals surface area contributed by atoms with E-state index >= 15 is 0 Å². The normalized spacial score (nSPS) is 23.5. The van der Waals surface area contributed by atoms with Gasteiger partial charge in [-0.2, -0.15) is 0 Å². The molecule has 0 N–H and O–H groups in total. The van der Waals surface area contributed by atoms with Crippen molar-refractivity contribution in [2.24, 2.45) is 17.8 Å². The van der Waals surface area contributed by atoms with E-state index in [4.69, 9.17) is 9.47 Å². The van der Waals surface area contributed by atoms with Crippen LogP contribution in [0.1, 0.15) is 47.5 Å². The van der Waals surface area contributed by atoms with Crippen molar-refractivity contribution >= 4 is 40.0 Å². The average Bonchev–Trinajstić information content (AvgIpc) is 3.39. The second-order valence-electron chi connectivity index (χ2n) is 13.5. The minimum absolute atomic E-state index is 0.00130. The Balaban J connectivity index is 0.000000317. The van der Waals surface area contributed by atoms with Crippen LogP contribution in [0.5, 0.6) is 0 Å². The van der Waals surface area contributed by atoms with Crippen LogP contribution in [0.2, 0.25) is 44.3 Å². The van der Waals surface area contributed by atoms with Gasteiger partial charge in [-0.3, -0.25) is 4.79 Å². The van der Waals surface area contributed by atoms with Gasteiger partial charge in [0, 0.05) is 23.1 Å². The summed E-state index contributed by atoms with van der Waals surface area (Å²) >= 11 is 0. The minimum atomic E-state index is -1.70. The number of carbonyl (C=O) groups is 4. The summed E-state index contributed by atoms with van der Waals surface area (Å²) in [5, 5.41) is -0.789. The van der Waals surface area contributed by atoms with Crippen LogP contribution < -0.4 is 0 Å². The first-order valence-electron chi connectivity index (χ1n) is 12.9. The van der Waals surface area contributed by atoms with Crippen molar-refractivity contribution in [3.05, 3.63) is 35.6 Å². The van der Waals surface area contributed by atoms with Gasteiger partial charge in [-0.1, -0.05) is 59.7 Å². The molecule has 1 fully saturated rings. The number of ether oxygens (including phenoxy) is 3. The van der Waals surface area contributed by atoms with Crippen LogP contribution in [-0.4, -0.2) is 45.2 Å². The van der Waals surface area contributed by atoms with Gasteiger partial charge < -0.3 is 14.2 Å². The zero-order valence-corrected chi connectivity index (χ0v) is 26.4. The Labute approximate surface area is 223 Å². The maximum Gasteiger partial charge on any atom is 0.342 e. The van der Waals surface area contributed by atoms with Gasteiger partial charge in [0.2, 0.25) is 0 Å². The predicted octanol–water partition coefficient (Wildman–Crippen LogP) is 5.96. The smallest absolute Gasteiger partial charge is 0.342 e. The van der Waals surface area contributed by atoms with Crippen molar-refractivity contribution in [1.82, 2.24) is 0 Å². The molecule has 7 nitrogen and oxygen atoms in total. The molecule has 0 amide bonds. The maximum absolute atomic E-state index is 12.6. The lowest BCUT2D eigenvalue weighted by Gasteiger charge is -2.36. The summed E-state index contributed by atoms with van der Waals surface area (Å²) in [6.45, 7) is 26.1. The lowest BCUT2D eigenvalue weighted by molar-refractivity contribution is -0.151. The molecule has 0 saturated heterocycles. The number of allylic oxidation sites excluding steroid dienone is 2. The minimum Gasteiger partial charge on any atom is -0.460 e. The topological polar surface area (TPSA) is 96.0 Å². The summed E-state index contributed by atoms with van der Waals surface area (Å²) in [4.78, 5) is 46.9. The Morgan fingerprint density at radius 3 is 1.95 bits per heavy atom. The molecule has 0 aromatic carbocycles. The molecule has 9 heteroatoms. The molecule has 37 heavy (non-hydrogen) atoms. The average molecular weight is 549 g/mol. The molecule has 3 unspecified atom stereocenters. The molecule has 0 aromatic heterocycles. The first kappa shape index (κ1) is 31.0. The molecule has 0 radical (unpaired) electrons. The molecular weight excluding hydrogens is 504 g/mol. The molecule has 206 valence electrons. The second kappa shape index (κ2) is 10.5. The third kappa shape index (κ3) is 6.79. The fourth-order valence-corrected chi connectivity index (χ4v) is 5.01. The van der Waals surface area contributed by atoms with Crippen LogP contribution in [0.4, 0.5) is 0 Å². The Bertz CT molecular complexity index is 1050. The van der Waals surface area contributed by atoms with E-state index in [9.17, 15) is 19.2 Å². The number of esters is 4. The van der Waals surface area contributed by atoms with Crippen molar-refractivity contribution in [3.8, 4) is 0 Å². The van der Waals surface area contributed by atoms with E-state index in [0.29, 0.717) is 11.1 Å². The highest BCUT2D eigenvalue weighted by Crippen LogP contribution is 2.52. The van der Waals surface area contributed by atoms with E-state index < -0.39 is 33.1 Å². The lowest BCUT2D eigenvalue weighted by Crippen LogP contribution is -2.50. The zero-order chi connectivity index (χ0) is 28.7. The molecule has 2 bridgehead atoms. The first-order valence-corrected chi connectivity index (χ1v) is 19.9. The third-order valence-corrected chi connectivity index (χ3v) is 16.3. The van der Waals surface area contributed by atoms with Gasteiger partial charge in [0.1, 0.15) is 5.76 Å². The molecule has 2 aliphatic carbocycles. The van der Waals surface area contributed by atoms with Crippen LogP contribution in [0.15, 0.2) is 35.6 Å². The van der Waals surface area contributed by atoms with Crippen molar-refractivity contribution in [1.29, 1.82) is 0 Å². The van der Waals surface area contributed by atoms with Gasteiger partial charge in [0.15, 0.2) is 0 Å². The summed E-state index contributed by atoms with van der Waals surface area (Å²) < 4.78 is 15.7. The summed E-state index contributed by atoms with van der Waals surface area (Å²) in [7, 11) is -3.18. The summed E-state index contributed by atoms with van der Waals surface area (Å²) in [5.41, 5.74) is 0.933. The quantitative estimate of drug-likeness (QED) is 0.127. The van der Waals surface area contributed by atoms with Crippen molar-refractivity contribution < 1.29 is 33.4 Å². The maximum atomic E-state index is 12.6. The summed E-state index contributed by atoms with van der Waals surface area (Å²) in [6, 6.07) is 0. The van der Waals surface area contributed by atoms with E-state index in [1.54, 1.807) is 6.92 Å². The highest BCUT2D eigenvalue weighted by atomic mass is 28.3. The Morgan fingerprint density at radius 1 is 1.00 bits per heavy atom. The van der Waals surface area contributed by atoms with Crippen molar-refractivity contribution in [2.45, 2.75) is 97.0 Å². The fourth-order valence-electron chi connectivity index (χ4n) is 3.95. The number of fused-ring (bicyclic) bond motifs is 2. The van der Waals surface area contributed by atoms with E-state index in [1.807, 2.05) is 33.8 Å². The van der Waals surface area contributed by atoms with E-state index in [2.05, 4.69) is 50.6 Å². The van der Waals surface area contributed by atoms with Crippen molar-refractivity contribution in [2.75, 3.05) is 0 Å². The van der Waals surface area contributed by atoms with Gasteiger partial charge in [-0.25, -0.2) is 14.4 Å². The molecule has 3 atom stereocenters. The number of cyclic esters (lactones) is 2. The molecule has 3 aliphatic rings. The van der Waals surface area contributed by atoms with E-state index in [0.717, 1.165) is 18.6 Å². The first-order chi connectivity index (χ1) is 16.6. The Morgan fingerprint density at radius 2 is 1.57 bits per heavy atom. The molecule has 0 spiro atoms. The summed E-state index contributed by atoms with van der Waals surface area (Å²) in [5.74, 6) is -0.524. The molecule has 1 aliphatic heterocycles. The van der Waals surface area contributed by atoms with E-state index in [1.165, 1.54) is 6.08 Å². The molecule has 0 aromatic rings. The van der Waals surface area contributed by atoms with Crippen LogP contribution in [0, 0.1) is 17.8 Å². The van der Waals surface area contributed by atoms with Gasteiger partial charge in [-0.05, 0) is 51.5 Å². The van der Waals surface area contributed by atoms with Crippen molar-refractivity contribution in [3.63, 3.8) is 0 Å². The van der Waals surface area contributed by atoms with Gasteiger partial charge >= 0.3 is 23.9 Å². The highest BCUT2D eigenvalue weighted by Gasteiger charge is 2.49. The Hall–Kier alpha value is -2.27. The number of rotatable bonds is 7. The summed E-state index contributed by atoms with van der Waals surface area (Å²) in [6.07, 6.45) is 4.86. The number of carbonyl (C=O) groups excluding carboxylic acids is 4. The fraction of sp³-hybridized carbons (Fsp3) is 0.643. The van der Waals surface area contributed by atoms with Gasteiger partial charge in [-0.15, -0.1) is 0 Å². The SMILES string of the molecule is C=C(C)C(=O)OC(C)(C)[Si](C)(C)C.CC(C)(C(=O)OC1=CC2CC1CC2C1=CC(=O)OC1=O)[Si](C)(C)C. The number of hydrogen-bond donors (Lipinski definition) is 0. The standard InChI is InChI=1S/C18H24O5Si.C10H20O2Si/c1-18(2,24(3,4)5)17(21)22-14-8-10-6-11(14)7-12(10)13-9-15(19)23-16(13)20;1-8(2)9(11)12-10(3,4)13(5,6)7/h8-12H,6-7H2,1-5H3;1H2,2-7H3. The van der Waals surface area contributed by atoms with Crippen LogP contribution in [0.25, 0.3) is 0 Å². The molecule has 3 rings (SSSR count). The molecule has 1 heterocycles. The third-order valence-electron chi connectivity index (χ3n) is 8.59. The van der Waals surface area contributed by atoms with Gasteiger partial charge in [0.05, 0.1) is 26.4 Å². The number of hydrogen-bond acceptors (Lipinski definition) is 7. The van der Waals surface area contributed by atoms with Crippen LogP contribution in [-0.2, 0) is 33.4 Å². The second-order valence-corrected chi connectivity index (χ2v) is 25.0. The van der Waals surface area contributed by atoms with Gasteiger partial charge in [0.25, 0.3) is 0 Å². The lowest BCUT2D eigenvalue weighted by atomic mass is 9.86. The molecular formula is C28H44O7Si2. The van der Waals surface area contributed by atoms with Crippen LogP contribution in [0.3, 0.4) is 0 Å². The predicted molar refractivity (Wildman–Crippen MR) is 149 cm³/mol. The Kier molecular flexibility index (Phi) is 8.77. The largest absolute Gasteiger partial charge is 0.460 e. The van der Waals surface area contributed by atoms with E-state index in [-0.39, 0.29) is 34.9 Å². The highest BCUT2D eigenvalue weighted by molar-refractivity contribution is 6.82.